The Kier molecular flexibility index (Phi) is 7.46. The number of rotatable bonds is 6. The molecule has 1 aliphatic rings. The second-order valence-electron chi connectivity index (χ2n) is 6.66. The van der Waals surface area contributed by atoms with Gasteiger partial charge in [-0.15, -0.1) is 0 Å². The van der Waals surface area contributed by atoms with Gasteiger partial charge in [-0.05, 0) is 37.2 Å². The number of benzene rings is 1. The maximum absolute atomic E-state index is 12.3. The lowest BCUT2D eigenvalue weighted by molar-refractivity contribution is -0.858. The Morgan fingerprint density at radius 1 is 1.25 bits per heavy atom. The molecule has 0 atom stereocenters. The van der Waals surface area contributed by atoms with Gasteiger partial charge in [0.05, 0.1) is 20.6 Å². The number of quaternary nitrogens is 1. The SMILES string of the molecule is C[NH+](C)CCCNC(=S)N1CCC(C(=O)Nc2ccccc2)CC1. The van der Waals surface area contributed by atoms with E-state index in [-0.39, 0.29) is 11.8 Å². The van der Waals surface area contributed by atoms with Crippen LogP contribution in [-0.4, -0.2) is 56.2 Å². The molecule has 0 spiro atoms. The van der Waals surface area contributed by atoms with Crippen molar-refractivity contribution < 1.29 is 9.69 Å². The fourth-order valence-electron chi connectivity index (χ4n) is 2.86. The maximum atomic E-state index is 12.3. The molecule has 1 heterocycles. The summed E-state index contributed by atoms with van der Waals surface area (Å²) in [7, 11) is 4.31. The van der Waals surface area contributed by atoms with E-state index in [0.29, 0.717) is 0 Å². The molecule has 5 nitrogen and oxygen atoms in total. The molecular formula is C18H29N4OS+. The first-order valence-corrected chi connectivity index (χ1v) is 9.15. The van der Waals surface area contributed by atoms with Crippen molar-refractivity contribution in [2.45, 2.75) is 19.3 Å². The van der Waals surface area contributed by atoms with Gasteiger partial charge < -0.3 is 20.4 Å². The lowest BCUT2D eigenvalue weighted by Gasteiger charge is -2.33. The Morgan fingerprint density at radius 3 is 2.54 bits per heavy atom. The number of carbonyl (C=O) groups excluding carboxylic acids is 1. The summed E-state index contributed by atoms with van der Waals surface area (Å²) >= 11 is 5.47. The smallest absolute Gasteiger partial charge is 0.227 e. The third-order valence-electron chi connectivity index (χ3n) is 4.32. The lowest BCUT2D eigenvalue weighted by Crippen LogP contribution is -3.05. The van der Waals surface area contributed by atoms with Crippen molar-refractivity contribution in [3.8, 4) is 0 Å². The largest absolute Gasteiger partial charge is 0.362 e. The minimum Gasteiger partial charge on any atom is -0.362 e. The number of amides is 1. The number of piperidine rings is 1. The maximum Gasteiger partial charge on any atom is 0.227 e. The number of carbonyl (C=O) groups is 1. The van der Waals surface area contributed by atoms with E-state index in [1.165, 1.54) is 4.90 Å². The first-order valence-electron chi connectivity index (χ1n) is 8.74. The average Bonchev–Trinajstić information content (AvgIpc) is 2.59. The molecule has 0 saturated carbocycles. The second-order valence-corrected chi connectivity index (χ2v) is 7.05. The van der Waals surface area contributed by atoms with Gasteiger partial charge >= 0.3 is 0 Å². The molecule has 1 fully saturated rings. The number of hydrogen-bond acceptors (Lipinski definition) is 2. The van der Waals surface area contributed by atoms with Crippen molar-refractivity contribution in [1.29, 1.82) is 0 Å². The fraction of sp³-hybridized carbons (Fsp3) is 0.556. The predicted octanol–water partition coefficient (Wildman–Crippen LogP) is 0.746. The molecule has 1 saturated heterocycles. The number of para-hydroxylation sites is 1. The lowest BCUT2D eigenvalue weighted by atomic mass is 9.96. The zero-order valence-corrected chi connectivity index (χ0v) is 15.5. The fourth-order valence-corrected chi connectivity index (χ4v) is 3.14. The summed E-state index contributed by atoms with van der Waals surface area (Å²) in [5, 5.41) is 7.16. The van der Waals surface area contributed by atoms with Crippen molar-refractivity contribution >= 4 is 28.9 Å². The van der Waals surface area contributed by atoms with E-state index in [1.54, 1.807) is 0 Å². The highest BCUT2D eigenvalue weighted by atomic mass is 32.1. The number of nitrogens with one attached hydrogen (secondary N) is 3. The molecule has 0 bridgehead atoms. The van der Waals surface area contributed by atoms with Crippen LogP contribution in [0.3, 0.4) is 0 Å². The minimum atomic E-state index is 0.0709. The summed E-state index contributed by atoms with van der Waals surface area (Å²) in [6.07, 6.45) is 2.81. The van der Waals surface area contributed by atoms with Crippen LogP contribution >= 0.6 is 12.2 Å². The monoisotopic (exact) mass is 349 g/mol. The van der Waals surface area contributed by atoms with Crippen molar-refractivity contribution in [3.05, 3.63) is 30.3 Å². The van der Waals surface area contributed by atoms with E-state index >= 15 is 0 Å². The first-order chi connectivity index (χ1) is 11.6. The van der Waals surface area contributed by atoms with Crippen molar-refractivity contribution in [1.82, 2.24) is 10.2 Å². The average molecular weight is 350 g/mol. The molecular weight excluding hydrogens is 320 g/mol. The van der Waals surface area contributed by atoms with Crippen LogP contribution in [0.1, 0.15) is 19.3 Å². The highest BCUT2D eigenvalue weighted by Crippen LogP contribution is 2.19. The zero-order chi connectivity index (χ0) is 17.4. The Bertz CT molecular complexity index is 527. The molecule has 6 heteroatoms. The molecule has 132 valence electrons. The van der Waals surface area contributed by atoms with Crippen molar-refractivity contribution in [2.24, 2.45) is 5.92 Å². The van der Waals surface area contributed by atoms with Gasteiger partial charge in [0, 0.05) is 37.7 Å². The number of anilines is 1. The summed E-state index contributed by atoms with van der Waals surface area (Å²) in [4.78, 5) is 16.0. The summed E-state index contributed by atoms with van der Waals surface area (Å²) in [5.74, 6) is 0.190. The molecule has 3 N–H and O–H groups in total. The molecule has 1 aromatic carbocycles. The van der Waals surface area contributed by atoms with Crippen LogP contribution < -0.4 is 15.5 Å². The summed E-state index contributed by atoms with van der Waals surface area (Å²) < 4.78 is 0. The van der Waals surface area contributed by atoms with Crippen LogP contribution in [-0.2, 0) is 4.79 Å². The minimum absolute atomic E-state index is 0.0709. The molecule has 1 amide bonds. The van der Waals surface area contributed by atoms with Gasteiger partial charge in [-0.3, -0.25) is 4.79 Å². The number of thiocarbonyl (C=S) groups is 1. The van der Waals surface area contributed by atoms with E-state index in [2.05, 4.69) is 29.6 Å². The van der Waals surface area contributed by atoms with E-state index in [0.717, 1.165) is 56.2 Å². The normalized spacial score (nSPS) is 15.4. The third-order valence-corrected chi connectivity index (χ3v) is 4.73. The molecule has 24 heavy (non-hydrogen) atoms. The molecule has 1 aliphatic heterocycles. The van der Waals surface area contributed by atoms with Crippen molar-refractivity contribution in [2.75, 3.05) is 45.6 Å². The van der Waals surface area contributed by atoms with Crippen molar-refractivity contribution in [3.63, 3.8) is 0 Å². The van der Waals surface area contributed by atoms with Crippen LogP contribution in [0.2, 0.25) is 0 Å². The molecule has 0 aromatic heterocycles. The van der Waals surface area contributed by atoms with Crippen LogP contribution in [0.4, 0.5) is 5.69 Å². The zero-order valence-electron chi connectivity index (χ0n) is 14.7. The summed E-state index contributed by atoms with van der Waals surface area (Å²) in [6, 6.07) is 9.64. The third kappa shape index (κ3) is 6.09. The van der Waals surface area contributed by atoms with Gasteiger partial charge in [0.2, 0.25) is 5.91 Å². The quantitative estimate of drug-likeness (QED) is 0.524. The molecule has 1 aromatic rings. The first kappa shape index (κ1) is 18.7. The number of likely N-dealkylation sites (tertiary alicyclic amines) is 1. The van der Waals surface area contributed by atoms with Gasteiger partial charge in [-0.2, -0.15) is 0 Å². The van der Waals surface area contributed by atoms with Crippen LogP contribution in [0.15, 0.2) is 30.3 Å². The van der Waals surface area contributed by atoms with Gasteiger partial charge in [-0.1, -0.05) is 18.2 Å². The summed E-state index contributed by atoms with van der Waals surface area (Å²) in [6.45, 7) is 3.74. The second kappa shape index (κ2) is 9.59. The predicted molar refractivity (Wildman–Crippen MR) is 102 cm³/mol. The van der Waals surface area contributed by atoms with E-state index in [9.17, 15) is 4.79 Å². The Labute approximate surface area is 150 Å². The van der Waals surface area contributed by atoms with Crippen LogP contribution in [0.5, 0.6) is 0 Å². The van der Waals surface area contributed by atoms with Crippen LogP contribution in [0.25, 0.3) is 0 Å². The standard InChI is InChI=1S/C18H28N4OS/c1-21(2)12-6-11-19-18(24)22-13-9-15(10-14-22)17(23)20-16-7-4-3-5-8-16/h3-5,7-8,15H,6,9-14H2,1-2H3,(H,19,24)(H,20,23)/p+1. The van der Waals surface area contributed by atoms with Gasteiger partial charge in [0.25, 0.3) is 0 Å². The van der Waals surface area contributed by atoms with E-state index in [4.69, 9.17) is 12.2 Å². The molecule has 0 aliphatic carbocycles. The molecule has 0 unspecified atom stereocenters. The van der Waals surface area contributed by atoms with Gasteiger partial charge in [0.1, 0.15) is 0 Å². The Morgan fingerprint density at radius 2 is 1.92 bits per heavy atom. The van der Waals surface area contributed by atoms with Gasteiger partial charge in [-0.25, -0.2) is 0 Å². The topological polar surface area (TPSA) is 48.8 Å². The summed E-state index contributed by atoms with van der Waals surface area (Å²) in [5.41, 5.74) is 0.866. The number of hydrogen-bond donors (Lipinski definition) is 3. The number of nitrogens with zero attached hydrogens (tertiary/aromatic N) is 1. The van der Waals surface area contributed by atoms with E-state index < -0.39 is 0 Å². The van der Waals surface area contributed by atoms with Gasteiger partial charge in [0.15, 0.2) is 5.11 Å². The molecule has 0 radical (unpaired) electrons. The highest BCUT2D eigenvalue weighted by molar-refractivity contribution is 7.80. The highest BCUT2D eigenvalue weighted by Gasteiger charge is 2.26. The Balaban J connectivity index is 1.69. The Hall–Kier alpha value is -1.66. The molecule has 2 rings (SSSR count). The van der Waals surface area contributed by atoms with Crippen LogP contribution in [0, 0.1) is 5.92 Å². The van der Waals surface area contributed by atoms with E-state index in [1.807, 2.05) is 30.3 Å².